The molecule has 0 saturated carbocycles. The van der Waals surface area contributed by atoms with Crippen molar-refractivity contribution in [2.24, 2.45) is 0 Å². The molecule has 2 N–H and O–H groups in total. The molecule has 0 spiro atoms. The highest BCUT2D eigenvalue weighted by molar-refractivity contribution is 5.86. The first-order chi connectivity index (χ1) is 7.41. The largest absolute Gasteiger partial charge is 0.300 e. The fourth-order valence-electron chi connectivity index (χ4n) is 2.61. The molecule has 16 heavy (non-hydrogen) atoms. The average molecular weight is 226 g/mol. The summed E-state index contributed by atoms with van der Waals surface area (Å²) in [5.74, 6) is 0.00428. The molecule has 0 aromatic rings. The second-order valence-electron chi connectivity index (χ2n) is 6.00. The molecule has 4 nitrogen and oxygen atoms in total. The van der Waals surface area contributed by atoms with Crippen molar-refractivity contribution >= 4 is 5.91 Å². The molecule has 0 aromatic carbocycles. The van der Waals surface area contributed by atoms with Gasteiger partial charge < -0.3 is 5.32 Å². The number of nitrogens with one attached hydrogen (secondary N) is 2. The van der Waals surface area contributed by atoms with Gasteiger partial charge in [0, 0.05) is 6.04 Å². The van der Waals surface area contributed by atoms with E-state index in [-0.39, 0.29) is 17.0 Å². The van der Waals surface area contributed by atoms with Crippen molar-refractivity contribution < 1.29 is 9.63 Å². The van der Waals surface area contributed by atoms with Gasteiger partial charge in [-0.3, -0.25) is 9.63 Å². The maximum Gasteiger partial charge on any atom is 0.263 e. The number of carbonyl (C=O) groups excluding carboxylic acids is 1. The van der Waals surface area contributed by atoms with Gasteiger partial charge in [0.2, 0.25) is 0 Å². The number of hydrogen-bond donors (Lipinski definition) is 2. The zero-order valence-corrected chi connectivity index (χ0v) is 10.4. The predicted molar refractivity (Wildman–Crippen MR) is 61.7 cm³/mol. The first-order valence-electron chi connectivity index (χ1n) is 6.17. The Morgan fingerprint density at radius 3 is 2.81 bits per heavy atom. The van der Waals surface area contributed by atoms with Crippen LogP contribution in [0.1, 0.15) is 52.9 Å². The molecule has 4 heteroatoms. The molecular formula is C12H22N2O2. The van der Waals surface area contributed by atoms with Gasteiger partial charge in [0.25, 0.3) is 5.91 Å². The van der Waals surface area contributed by atoms with Crippen LogP contribution in [-0.4, -0.2) is 23.1 Å². The summed E-state index contributed by atoms with van der Waals surface area (Å²) in [6.07, 6.45) is 5.33. The second-order valence-corrected chi connectivity index (χ2v) is 6.00. The smallest absolute Gasteiger partial charge is 0.263 e. The summed E-state index contributed by atoms with van der Waals surface area (Å²) >= 11 is 0. The fraction of sp³-hybridized carbons (Fsp3) is 0.917. The van der Waals surface area contributed by atoms with Gasteiger partial charge in [-0.2, -0.15) is 0 Å². The van der Waals surface area contributed by atoms with Gasteiger partial charge in [0.1, 0.15) is 5.54 Å². The molecule has 2 fully saturated rings. The van der Waals surface area contributed by atoms with E-state index in [1.165, 1.54) is 6.42 Å². The van der Waals surface area contributed by atoms with Crippen molar-refractivity contribution in [2.45, 2.75) is 70.1 Å². The van der Waals surface area contributed by atoms with E-state index in [0.29, 0.717) is 6.04 Å². The minimum atomic E-state index is -0.353. The highest BCUT2D eigenvalue weighted by Gasteiger charge is 2.47. The summed E-state index contributed by atoms with van der Waals surface area (Å²) in [6.45, 7) is 5.78. The Morgan fingerprint density at radius 2 is 2.12 bits per heavy atom. The Labute approximate surface area is 97.1 Å². The lowest BCUT2D eigenvalue weighted by atomic mass is 9.90. The Morgan fingerprint density at radius 1 is 1.38 bits per heavy atom. The number of amides is 1. The molecule has 0 aliphatic carbocycles. The Kier molecular flexibility index (Phi) is 2.97. The highest BCUT2D eigenvalue weighted by atomic mass is 16.7. The van der Waals surface area contributed by atoms with E-state index >= 15 is 0 Å². The molecule has 2 aliphatic rings. The molecule has 2 atom stereocenters. The van der Waals surface area contributed by atoms with Crippen molar-refractivity contribution in [1.82, 2.24) is 10.8 Å². The molecule has 2 heterocycles. The lowest BCUT2D eigenvalue weighted by Gasteiger charge is -2.33. The number of carbonyl (C=O) groups is 1. The van der Waals surface area contributed by atoms with Crippen molar-refractivity contribution in [2.75, 3.05) is 0 Å². The summed E-state index contributed by atoms with van der Waals surface area (Å²) in [5.41, 5.74) is 1.92. The minimum absolute atomic E-state index is 0.00428. The van der Waals surface area contributed by atoms with Gasteiger partial charge >= 0.3 is 0 Å². The van der Waals surface area contributed by atoms with Crippen molar-refractivity contribution in [3.8, 4) is 0 Å². The van der Waals surface area contributed by atoms with Crippen LogP contribution in [0.3, 0.4) is 0 Å². The zero-order chi connectivity index (χ0) is 11.8. The number of fused-ring (bicyclic) bond motifs is 2. The van der Waals surface area contributed by atoms with E-state index in [2.05, 4.69) is 10.8 Å². The van der Waals surface area contributed by atoms with Crippen molar-refractivity contribution in [3.05, 3.63) is 0 Å². The topological polar surface area (TPSA) is 50.4 Å². The lowest BCUT2D eigenvalue weighted by Crippen LogP contribution is -2.57. The summed E-state index contributed by atoms with van der Waals surface area (Å²) in [4.78, 5) is 17.5. The molecule has 2 unspecified atom stereocenters. The normalized spacial score (nSPS) is 33.8. The lowest BCUT2D eigenvalue weighted by molar-refractivity contribution is -0.152. The van der Waals surface area contributed by atoms with E-state index in [9.17, 15) is 4.79 Å². The molecule has 2 saturated heterocycles. The minimum Gasteiger partial charge on any atom is -0.300 e. The Hall–Kier alpha value is -0.610. The third-order valence-electron chi connectivity index (χ3n) is 3.44. The van der Waals surface area contributed by atoms with E-state index in [4.69, 9.17) is 4.84 Å². The van der Waals surface area contributed by atoms with Crippen LogP contribution in [0, 0.1) is 0 Å². The molecule has 1 amide bonds. The number of piperidine rings is 1. The van der Waals surface area contributed by atoms with Crippen LogP contribution in [0.5, 0.6) is 0 Å². The first-order valence-corrected chi connectivity index (χ1v) is 6.17. The third kappa shape index (κ3) is 2.38. The third-order valence-corrected chi connectivity index (χ3v) is 3.44. The van der Waals surface area contributed by atoms with E-state index in [1.54, 1.807) is 0 Å². The van der Waals surface area contributed by atoms with Crippen LogP contribution in [0.2, 0.25) is 0 Å². The van der Waals surface area contributed by atoms with Crippen LogP contribution in [0.15, 0.2) is 0 Å². The van der Waals surface area contributed by atoms with Crippen LogP contribution >= 0.6 is 0 Å². The fourth-order valence-corrected chi connectivity index (χ4v) is 2.61. The maximum atomic E-state index is 12.1. The van der Waals surface area contributed by atoms with Crippen LogP contribution in [-0.2, 0) is 9.63 Å². The van der Waals surface area contributed by atoms with Gasteiger partial charge in [-0.25, -0.2) is 5.48 Å². The highest BCUT2D eigenvalue weighted by Crippen LogP contribution is 2.35. The quantitative estimate of drug-likeness (QED) is 0.702. The van der Waals surface area contributed by atoms with Gasteiger partial charge in [-0.1, -0.05) is 0 Å². The van der Waals surface area contributed by atoms with Gasteiger partial charge in [0.05, 0.1) is 5.60 Å². The standard InChI is InChI=1S/C12H22N2O2/c1-11(2,3)16-14-10(15)12-7-4-5-9(13-12)6-8-12/h9,13H,4-8H2,1-3H3,(H,14,15). The number of hydroxylamine groups is 1. The summed E-state index contributed by atoms with van der Waals surface area (Å²) in [7, 11) is 0. The predicted octanol–water partition coefficient (Wildman–Crippen LogP) is 1.51. The van der Waals surface area contributed by atoms with E-state index in [1.807, 2.05) is 20.8 Å². The second kappa shape index (κ2) is 4.00. The van der Waals surface area contributed by atoms with Gasteiger partial charge in [-0.15, -0.1) is 0 Å². The first kappa shape index (κ1) is 11.9. The van der Waals surface area contributed by atoms with Crippen molar-refractivity contribution in [3.63, 3.8) is 0 Å². The van der Waals surface area contributed by atoms with Crippen molar-refractivity contribution in [1.29, 1.82) is 0 Å². The Bertz CT molecular complexity index is 281. The SMILES string of the molecule is CC(C)(C)ONC(=O)C12CCCC(CC1)N2. The molecule has 2 rings (SSSR count). The molecule has 92 valence electrons. The average Bonchev–Trinajstić information content (AvgIpc) is 2.51. The summed E-state index contributed by atoms with van der Waals surface area (Å²) < 4.78 is 0. The molecule has 2 bridgehead atoms. The van der Waals surface area contributed by atoms with E-state index in [0.717, 1.165) is 25.7 Å². The molecular weight excluding hydrogens is 204 g/mol. The molecule has 2 aliphatic heterocycles. The number of hydrogen-bond acceptors (Lipinski definition) is 3. The van der Waals surface area contributed by atoms with Crippen LogP contribution < -0.4 is 10.8 Å². The Balaban J connectivity index is 1.94. The van der Waals surface area contributed by atoms with Gasteiger partial charge in [-0.05, 0) is 52.9 Å². The summed E-state index contributed by atoms with van der Waals surface area (Å²) in [5, 5.41) is 3.45. The number of rotatable bonds is 2. The van der Waals surface area contributed by atoms with Crippen LogP contribution in [0.25, 0.3) is 0 Å². The maximum absolute atomic E-state index is 12.1. The summed E-state index contributed by atoms with van der Waals surface area (Å²) in [6, 6.07) is 0.536. The van der Waals surface area contributed by atoms with Crippen LogP contribution in [0.4, 0.5) is 0 Å². The van der Waals surface area contributed by atoms with Gasteiger partial charge in [0.15, 0.2) is 0 Å². The molecule has 0 aromatic heterocycles. The monoisotopic (exact) mass is 226 g/mol. The molecule has 0 radical (unpaired) electrons. The van der Waals surface area contributed by atoms with E-state index < -0.39 is 0 Å². The zero-order valence-electron chi connectivity index (χ0n) is 10.4.